The van der Waals surface area contributed by atoms with Gasteiger partial charge in [0.25, 0.3) is 0 Å². The first-order chi connectivity index (χ1) is 9.74. The fourth-order valence-electron chi connectivity index (χ4n) is 3.65. The quantitative estimate of drug-likeness (QED) is 0.861. The second-order valence-corrected chi connectivity index (χ2v) is 6.27. The highest BCUT2D eigenvalue weighted by molar-refractivity contribution is 4.99. The zero-order valence-corrected chi connectivity index (χ0v) is 11.9. The summed E-state index contributed by atoms with van der Waals surface area (Å²) in [7, 11) is 0. The molecule has 0 spiro atoms. The van der Waals surface area contributed by atoms with E-state index >= 15 is 0 Å². The SMILES string of the molecule is NCC1(Cc2n[nH]c(=O)n2C2CCOC2)CCCCC1. The third kappa shape index (κ3) is 2.54. The highest BCUT2D eigenvalue weighted by Crippen LogP contribution is 2.38. The normalized spacial score (nSPS) is 25.9. The van der Waals surface area contributed by atoms with Gasteiger partial charge in [-0.1, -0.05) is 19.3 Å². The van der Waals surface area contributed by atoms with Gasteiger partial charge in [-0.2, -0.15) is 5.10 Å². The molecule has 2 fully saturated rings. The molecule has 6 nitrogen and oxygen atoms in total. The zero-order valence-electron chi connectivity index (χ0n) is 11.9. The van der Waals surface area contributed by atoms with Crippen LogP contribution in [-0.2, 0) is 11.2 Å². The minimum Gasteiger partial charge on any atom is -0.379 e. The van der Waals surface area contributed by atoms with Gasteiger partial charge in [0.1, 0.15) is 5.82 Å². The summed E-state index contributed by atoms with van der Waals surface area (Å²) < 4.78 is 7.21. The molecule has 1 aliphatic carbocycles. The van der Waals surface area contributed by atoms with Crippen LogP contribution < -0.4 is 11.4 Å². The van der Waals surface area contributed by atoms with Crippen LogP contribution in [0.3, 0.4) is 0 Å². The molecule has 2 aliphatic rings. The predicted molar refractivity (Wildman–Crippen MR) is 75.6 cm³/mol. The second kappa shape index (κ2) is 5.69. The molecule has 1 aromatic rings. The molecule has 1 unspecified atom stereocenters. The van der Waals surface area contributed by atoms with Crippen LogP contribution >= 0.6 is 0 Å². The first-order valence-electron chi connectivity index (χ1n) is 7.68. The van der Waals surface area contributed by atoms with E-state index in [-0.39, 0.29) is 17.1 Å². The number of rotatable bonds is 4. The van der Waals surface area contributed by atoms with E-state index in [0.29, 0.717) is 13.2 Å². The Morgan fingerprint density at radius 3 is 2.85 bits per heavy atom. The Morgan fingerprint density at radius 1 is 1.40 bits per heavy atom. The monoisotopic (exact) mass is 280 g/mol. The zero-order chi connectivity index (χ0) is 14.0. The molecule has 0 radical (unpaired) electrons. The van der Waals surface area contributed by atoms with Gasteiger partial charge in [-0.3, -0.25) is 4.57 Å². The number of nitrogens with zero attached hydrogens (tertiary/aromatic N) is 2. The second-order valence-electron chi connectivity index (χ2n) is 6.27. The molecule has 1 saturated heterocycles. The van der Waals surface area contributed by atoms with E-state index < -0.39 is 0 Å². The molecule has 112 valence electrons. The van der Waals surface area contributed by atoms with Crippen LogP contribution in [-0.4, -0.2) is 34.5 Å². The molecular formula is C14H24N4O2. The number of nitrogens with one attached hydrogen (secondary N) is 1. The molecule has 3 N–H and O–H groups in total. The standard InChI is InChI=1S/C14H24N4O2/c15-10-14(5-2-1-3-6-14)8-12-16-17-13(19)18(12)11-4-7-20-9-11/h11H,1-10,15H2,(H,17,19). The van der Waals surface area contributed by atoms with Crippen molar-refractivity contribution in [3.63, 3.8) is 0 Å². The third-order valence-electron chi connectivity index (χ3n) is 4.93. The van der Waals surface area contributed by atoms with Crippen molar-refractivity contribution in [1.29, 1.82) is 0 Å². The van der Waals surface area contributed by atoms with Crippen LogP contribution in [0.4, 0.5) is 0 Å². The maximum absolute atomic E-state index is 12.0. The van der Waals surface area contributed by atoms with Gasteiger partial charge in [-0.15, -0.1) is 0 Å². The highest BCUT2D eigenvalue weighted by atomic mass is 16.5. The Bertz CT molecular complexity index is 496. The van der Waals surface area contributed by atoms with Crippen molar-refractivity contribution in [3.8, 4) is 0 Å². The van der Waals surface area contributed by atoms with E-state index in [9.17, 15) is 4.79 Å². The van der Waals surface area contributed by atoms with Crippen molar-refractivity contribution < 1.29 is 4.74 Å². The van der Waals surface area contributed by atoms with Crippen molar-refractivity contribution >= 4 is 0 Å². The van der Waals surface area contributed by atoms with Crippen LogP contribution in [0.15, 0.2) is 4.79 Å². The molecular weight excluding hydrogens is 256 g/mol. The van der Waals surface area contributed by atoms with E-state index in [1.807, 2.05) is 0 Å². The first kappa shape index (κ1) is 13.8. The summed E-state index contributed by atoms with van der Waals surface area (Å²) in [6, 6.07) is 0.134. The van der Waals surface area contributed by atoms with Crippen molar-refractivity contribution in [1.82, 2.24) is 14.8 Å². The molecule has 0 aromatic carbocycles. The molecule has 0 amide bonds. The van der Waals surface area contributed by atoms with Gasteiger partial charge < -0.3 is 10.5 Å². The maximum atomic E-state index is 12.0. The van der Waals surface area contributed by atoms with Gasteiger partial charge in [0.15, 0.2) is 0 Å². The number of nitrogens with two attached hydrogens (primary N) is 1. The highest BCUT2D eigenvalue weighted by Gasteiger charge is 2.34. The van der Waals surface area contributed by atoms with E-state index in [1.54, 1.807) is 4.57 Å². The van der Waals surface area contributed by atoms with Gasteiger partial charge in [0.05, 0.1) is 12.6 Å². The average molecular weight is 280 g/mol. The molecule has 3 rings (SSSR count). The number of aromatic nitrogens is 3. The number of H-pyrrole nitrogens is 1. The lowest BCUT2D eigenvalue weighted by Gasteiger charge is -2.36. The molecule has 0 bridgehead atoms. The molecule has 20 heavy (non-hydrogen) atoms. The smallest absolute Gasteiger partial charge is 0.343 e. The topological polar surface area (TPSA) is 85.9 Å². The Kier molecular flexibility index (Phi) is 3.94. The Labute approximate surface area is 118 Å². The lowest BCUT2D eigenvalue weighted by atomic mass is 9.71. The van der Waals surface area contributed by atoms with Crippen LogP contribution in [0.2, 0.25) is 0 Å². The van der Waals surface area contributed by atoms with Crippen molar-refractivity contribution in [2.75, 3.05) is 19.8 Å². The fourth-order valence-corrected chi connectivity index (χ4v) is 3.65. The number of ether oxygens (including phenoxy) is 1. The van der Waals surface area contributed by atoms with Crippen molar-refractivity contribution in [2.45, 2.75) is 51.0 Å². The summed E-state index contributed by atoms with van der Waals surface area (Å²) in [5.41, 5.74) is 6.06. The van der Waals surface area contributed by atoms with Crippen molar-refractivity contribution in [3.05, 3.63) is 16.3 Å². The third-order valence-corrected chi connectivity index (χ3v) is 4.93. The summed E-state index contributed by atoms with van der Waals surface area (Å²) >= 11 is 0. The van der Waals surface area contributed by atoms with Gasteiger partial charge in [0.2, 0.25) is 0 Å². The van der Waals surface area contributed by atoms with Gasteiger partial charge in [-0.25, -0.2) is 9.89 Å². The first-order valence-corrected chi connectivity index (χ1v) is 7.68. The van der Waals surface area contributed by atoms with E-state index in [1.165, 1.54) is 19.3 Å². The number of hydrogen-bond acceptors (Lipinski definition) is 4. The molecule has 1 aromatic heterocycles. The average Bonchev–Trinajstić information content (AvgIpc) is 3.10. The molecule has 1 saturated carbocycles. The fraction of sp³-hybridized carbons (Fsp3) is 0.857. The van der Waals surface area contributed by atoms with Crippen molar-refractivity contribution in [2.24, 2.45) is 11.1 Å². The Balaban J connectivity index is 1.84. The minimum atomic E-state index is -0.113. The summed E-state index contributed by atoms with van der Waals surface area (Å²) in [6.07, 6.45) is 7.75. The lowest BCUT2D eigenvalue weighted by molar-refractivity contribution is 0.178. The van der Waals surface area contributed by atoms with Gasteiger partial charge in [-0.05, 0) is 31.2 Å². The summed E-state index contributed by atoms with van der Waals surface area (Å²) in [4.78, 5) is 12.0. The summed E-state index contributed by atoms with van der Waals surface area (Å²) in [5, 5.41) is 6.87. The van der Waals surface area contributed by atoms with E-state index in [4.69, 9.17) is 10.5 Å². The lowest BCUT2D eigenvalue weighted by Crippen LogP contribution is -2.37. The van der Waals surface area contributed by atoms with Crippen LogP contribution in [0.1, 0.15) is 50.4 Å². The van der Waals surface area contributed by atoms with Gasteiger partial charge in [0, 0.05) is 13.0 Å². The summed E-state index contributed by atoms with van der Waals surface area (Å²) in [5.74, 6) is 0.859. The maximum Gasteiger partial charge on any atom is 0.343 e. The van der Waals surface area contributed by atoms with Crippen LogP contribution in [0.25, 0.3) is 0 Å². The Morgan fingerprint density at radius 2 is 2.20 bits per heavy atom. The molecule has 1 atom stereocenters. The molecule has 1 aliphatic heterocycles. The van der Waals surface area contributed by atoms with Gasteiger partial charge >= 0.3 is 5.69 Å². The minimum absolute atomic E-state index is 0.113. The Hall–Kier alpha value is -1.14. The molecule has 2 heterocycles. The van der Waals surface area contributed by atoms with E-state index in [0.717, 1.165) is 38.1 Å². The largest absolute Gasteiger partial charge is 0.379 e. The van der Waals surface area contributed by atoms with E-state index in [2.05, 4.69) is 10.2 Å². The predicted octanol–water partition coefficient (Wildman–Crippen LogP) is 0.984. The molecule has 6 heteroatoms. The number of aromatic amines is 1. The summed E-state index contributed by atoms with van der Waals surface area (Å²) in [6.45, 7) is 2.01. The van der Waals surface area contributed by atoms with Crippen LogP contribution in [0.5, 0.6) is 0 Å². The number of hydrogen-bond donors (Lipinski definition) is 2. The van der Waals surface area contributed by atoms with Crippen LogP contribution in [0, 0.1) is 5.41 Å².